The third-order valence-electron chi connectivity index (χ3n) is 3.17. The third-order valence-corrected chi connectivity index (χ3v) is 3.17. The first-order chi connectivity index (χ1) is 12.0. The molecule has 0 heterocycles. The first kappa shape index (κ1) is 19.4. The molecule has 0 bridgehead atoms. The minimum atomic E-state index is -4.93. The fourth-order valence-corrected chi connectivity index (χ4v) is 2.16. The average molecular weight is 376 g/mol. The Morgan fingerprint density at radius 3 is 2.19 bits per heavy atom. The highest BCUT2D eigenvalue weighted by Crippen LogP contribution is 2.36. The van der Waals surface area contributed by atoms with Crippen molar-refractivity contribution in [3.8, 4) is 16.9 Å². The van der Waals surface area contributed by atoms with Gasteiger partial charge < -0.3 is 9.84 Å². The predicted octanol–water partition coefficient (Wildman–Crippen LogP) is 5.37. The number of benzene rings is 2. The molecule has 0 saturated carbocycles. The molecule has 0 aromatic heterocycles. The van der Waals surface area contributed by atoms with Gasteiger partial charge in [0.25, 0.3) is 0 Å². The maximum absolute atomic E-state index is 13.2. The number of carboxylic acid groups (broad SMARTS) is 1. The van der Waals surface area contributed by atoms with Gasteiger partial charge in [-0.15, -0.1) is 13.2 Å². The molecule has 0 fully saturated rings. The average Bonchev–Trinajstić information content (AvgIpc) is 2.50. The van der Waals surface area contributed by atoms with Crippen LogP contribution in [0.2, 0.25) is 0 Å². The Hall–Kier alpha value is -2.97. The van der Waals surface area contributed by atoms with Gasteiger partial charge in [-0.1, -0.05) is 24.3 Å². The van der Waals surface area contributed by atoms with Gasteiger partial charge in [-0.3, -0.25) is 0 Å². The van der Waals surface area contributed by atoms with Crippen LogP contribution in [0.15, 0.2) is 48.5 Å². The number of hydrogen-bond acceptors (Lipinski definition) is 2. The van der Waals surface area contributed by atoms with E-state index in [2.05, 4.69) is 4.74 Å². The Labute approximate surface area is 143 Å². The summed E-state index contributed by atoms with van der Waals surface area (Å²) in [6.45, 7) is 0. The Kier molecular flexibility index (Phi) is 5.29. The molecule has 0 aliphatic heterocycles. The maximum Gasteiger partial charge on any atom is 0.573 e. The Balaban J connectivity index is 2.48. The van der Waals surface area contributed by atoms with Crippen molar-refractivity contribution in [2.45, 2.75) is 12.5 Å². The van der Waals surface area contributed by atoms with Crippen LogP contribution < -0.4 is 4.74 Å². The van der Waals surface area contributed by atoms with Crippen molar-refractivity contribution < 1.29 is 41.0 Å². The van der Waals surface area contributed by atoms with Crippen LogP contribution in [-0.4, -0.2) is 17.4 Å². The standard InChI is InChI=1S/C17H10F6O3/c18-16(19,20)14-9-12(5-4-10(14)6-7-15(24)25)11-2-1-3-13(8-11)26-17(21,22)23/h1-9H,(H,24,25)/b7-6+. The molecule has 0 atom stereocenters. The van der Waals surface area contributed by atoms with Crippen LogP contribution in [0, 0.1) is 0 Å². The molecule has 0 unspecified atom stereocenters. The van der Waals surface area contributed by atoms with Gasteiger partial charge in [-0.2, -0.15) is 13.2 Å². The van der Waals surface area contributed by atoms with Crippen molar-refractivity contribution in [3.63, 3.8) is 0 Å². The molecule has 2 rings (SSSR count). The van der Waals surface area contributed by atoms with Crippen molar-refractivity contribution in [2.75, 3.05) is 0 Å². The normalized spacial score (nSPS) is 12.4. The minimum absolute atomic E-state index is 0.00238. The second kappa shape index (κ2) is 7.11. The molecular weight excluding hydrogens is 366 g/mol. The molecule has 1 N–H and O–H groups in total. The smallest absolute Gasteiger partial charge is 0.478 e. The fourth-order valence-electron chi connectivity index (χ4n) is 2.16. The van der Waals surface area contributed by atoms with Gasteiger partial charge >= 0.3 is 18.5 Å². The zero-order valence-electron chi connectivity index (χ0n) is 12.7. The zero-order chi connectivity index (χ0) is 19.5. The van der Waals surface area contributed by atoms with Crippen LogP contribution in [0.3, 0.4) is 0 Å². The number of aliphatic carboxylic acids is 1. The van der Waals surface area contributed by atoms with E-state index < -0.39 is 29.8 Å². The maximum atomic E-state index is 13.2. The molecule has 0 spiro atoms. The minimum Gasteiger partial charge on any atom is -0.478 e. The Morgan fingerprint density at radius 1 is 0.962 bits per heavy atom. The molecule has 26 heavy (non-hydrogen) atoms. The quantitative estimate of drug-likeness (QED) is 0.577. The lowest BCUT2D eigenvalue weighted by molar-refractivity contribution is -0.274. The summed E-state index contributed by atoms with van der Waals surface area (Å²) in [4.78, 5) is 10.5. The van der Waals surface area contributed by atoms with Gasteiger partial charge in [-0.05, 0) is 41.0 Å². The van der Waals surface area contributed by atoms with Crippen LogP contribution in [0.25, 0.3) is 17.2 Å². The van der Waals surface area contributed by atoms with Gasteiger partial charge in [0.05, 0.1) is 5.56 Å². The highest BCUT2D eigenvalue weighted by molar-refractivity contribution is 5.86. The van der Waals surface area contributed by atoms with Crippen molar-refractivity contribution in [3.05, 3.63) is 59.7 Å². The lowest BCUT2D eigenvalue weighted by Crippen LogP contribution is -2.17. The molecule has 2 aromatic rings. The molecule has 9 heteroatoms. The number of carbonyl (C=O) groups is 1. The van der Waals surface area contributed by atoms with E-state index in [-0.39, 0.29) is 16.7 Å². The van der Waals surface area contributed by atoms with Crippen LogP contribution in [0.4, 0.5) is 26.3 Å². The van der Waals surface area contributed by atoms with Gasteiger partial charge in [0, 0.05) is 6.08 Å². The Bertz CT molecular complexity index is 837. The molecule has 0 saturated heterocycles. The number of ether oxygens (including phenoxy) is 1. The Morgan fingerprint density at radius 2 is 1.62 bits per heavy atom. The van der Waals surface area contributed by atoms with E-state index >= 15 is 0 Å². The van der Waals surface area contributed by atoms with E-state index in [1.165, 1.54) is 18.2 Å². The number of rotatable bonds is 4. The van der Waals surface area contributed by atoms with E-state index in [0.717, 1.165) is 30.3 Å². The van der Waals surface area contributed by atoms with E-state index in [0.29, 0.717) is 6.08 Å². The van der Waals surface area contributed by atoms with Crippen LogP contribution in [0.5, 0.6) is 5.75 Å². The van der Waals surface area contributed by atoms with Crippen molar-refractivity contribution in [1.82, 2.24) is 0 Å². The van der Waals surface area contributed by atoms with Crippen LogP contribution >= 0.6 is 0 Å². The summed E-state index contributed by atoms with van der Waals surface area (Å²) < 4.78 is 80.2. The molecule has 0 aliphatic rings. The topological polar surface area (TPSA) is 46.5 Å². The van der Waals surface area contributed by atoms with Crippen LogP contribution in [0.1, 0.15) is 11.1 Å². The molecule has 138 valence electrons. The number of hydrogen-bond donors (Lipinski definition) is 1. The number of halogens is 6. The first-order valence-corrected chi connectivity index (χ1v) is 6.94. The van der Waals surface area contributed by atoms with Gasteiger partial charge in [0.1, 0.15) is 5.75 Å². The molecule has 0 aliphatic carbocycles. The molecule has 3 nitrogen and oxygen atoms in total. The van der Waals surface area contributed by atoms with E-state index in [9.17, 15) is 31.1 Å². The number of alkyl halides is 6. The number of carboxylic acids is 1. The van der Waals surface area contributed by atoms with Crippen molar-refractivity contribution in [2.24, 2.45) is 0 Å². The summed E-state index contributed by atoms with van der Waals surface area (Å²) in [7, 11) is 0. The summed E-state index contributed by atoms with van der Waals surface area (Å²) >= 11 is 0. The van der Waals surface area contributed by atoms with Gasteiger partial charge in [0.15, 0.2) is 0 Å². The molecular formula is C17H10F6O3. The summed E-state index contributed by atoms with van der Waals surface area (Å²) in [5.41, 5.74) is -1.43. The van der Waals surface area contributed by atoms with Crippen molar-refractivity contribution >= 4 is 12.0 Å². The molecule has 2 aromatic carbocycles. The molecule has 0 amide bonds. The third kappa shape index (κ3) is 5.27. The predicted molar refractivity (Wildman–Crippen MR) is 80.2 cm³/mol. The van der Waals surface area contributed by atoms with Gasteiger partial charge in [0.2, 0.25) is 0 Å². The van der Waals surface area contributed by atoms with E-state index in [1.807, 2.05) is 0 Å². The van der Waals surface area contributed by atoms with E-state index in [1.54, 1.807) is 0 Å². The zero-order valence-corrected chi connectivity index (χ0v) is 12.7. The lowest BCUT2D eigenvalue weighted by atomic mass is 9.98. The van der Waals surface area contributed by atoms with E-state index in [4.69, 9.17) is 5.11 Å². The second-order valence-electron chi connectivity index (χ2n) is 5.05. The highest BCUT2D eigenvalue weighted by atomic mass is 19.4. The SMILES string of the molecule is O=C(O)/C=C/c1ccc(-c2cccc(OC(F)(F)F)c2)cc1C(F)(F)F. The summed E-state index contributed by atoms with van der Waals surface area (Å²) in [6.07, 6.45) is -8.37. The lowest BCUT2D eigenvalue weighted by Gasteiger charge is -2.14. The largest absolute Gasteiger partial charge is 0.573 e. The highest BCUT2D eigenvalue weighted by Gasteiger charge is 2.33. The monoisotopic (exact) mass is 376 g/mol. The molecule has 0 radical (unpaired) electrons. The first-order valence-electron chi connectivity index (χ1n) is 6.94. The summed E-state index contributed by atoms with van der Waals surface area (Å²) in [5, 5.41) is 8.55. The summed E-state index contributed by atoms with van der Waals surface area (Å²) in [5.74, 6) is -1.99. The fraction of sp³-hybridized carbons (Fsp3) is 0.118. The summed E-state index contributed by atoms with van der Waals surface area (Å²) in [6, 6.07) is 7.52. The van der Waals surface area contributed by atoms with Crippen molar-refractivity contribution in [1.29, 1.82) is 0 Å². The second-order valence-corrected chi connectivity index (χ2v) is 5.05. The van der Waals surface area contributed by atoms with Crippen LogP contribution in [-0.2, 0) is 11.0 Å². The van der Waals surface area contributed by atoms with Gasteiger partial charge in [-0.25, -0.2) is 4.79 Å².